The van der Waals surface area contributed by atoms with Crippen molar-refractivity contribution in [3.63, 3.8) is 0 Å². The van der Waals surface area contributed by atoms with Crippen molar-refractivity contribution in [3.8, 4) is 0 Å². The van der Waals surface area contributed by atoms with Crippen LogP contribution in [0.1, 0.15) is 40.0 Å². The number of amides is 1. The van der Waals surface area contributed by atoms with Crippen LogP contribution in [-0.2, 0) is 4.74 Å². The van der Waals surface area contributed by atoms with Crippen molar-refractivity contribution in [2.45, 2.75) is 51.7 Å². The zero-order valence-electron chi connectivity index (χ0n) is 15.0. The molecule has 2 fully saturated rings. The molecule has 5 heteroatoms. The van der Waals surface area contributed by atoms with Gasteiger partial charge in [-0.05, 0) is 64.3 Å². The van der Waals surface area contributed by atoms with Crippen molar-refractivity contribution in [1.82, 2.24) is 4.90 Å². The zero-order chi connectivity index (χ0) is 17.2. The molecule has 0 bridgehead atoms. The number of hydrogen-bond acceptors (Lipinski definition) is 4. The summed E-state index contributed by atoms with van der Waals surface area (Å²) in [5.41, 5.74) is 1.99. The Bertz CT molecular complexity index is 559. The lowest BCUT2D eigenvalue weighted by atomic mass is 10.2. The Hall–Kier alpha value is -1.91. The Morgan fingerprint density at radius 2 is 1.79 bits per heavy atom. The van der Waals surface area contributed by atoms with Crippen molar-refractivity contribution in [1.29, 1.82) is 0 Å². The molecule has 1 aromatic carbocycles. The molecule has 0 spiro atoms. The van der Waals surface area contributed by atoms with Crippen molar-refractivity contribution in [2.75, 3.05) is 36.4 Å². The van der Waals surface area contributed by atoms with E-state index in [1.165, 1.54) is 31.6 Å². The normalized spacial score (nSPS) is 21.2. The quantitative estimate of drug-likeness (QED) is 0.917. The molecule has 1 aromatic rings. The van der Waals surface area contributed by atoms with Crippen LogP contribution in [-0.4, -0.2) is 48.8 Å². The fourth-order valence-electron chi connectivity index (χ4n) is 3.35. The van der Waals surface area contributed by atoms with E-state index >= 15 is 0 Å². The van der Waals surface area contributed by atoms with Gasteiger partial charge in [0.15, 0.2) is 0 Å². The lowest BCUT2D eigenvalue weighted by molar-refractivity contribution is 0.0293. The Morgan fingerprint density at radius 3 is 2.42 bits per heavy atom. The third-order valence-electron chi connectivity index (χ3n) is 4.55. The molecule has 2 heterocycles. The highest BCUT2D eigenvalue weighted by Gasteiger charge is 2.29. The minimum absolute atomic E-state index is 0.212. The van der Waals surface area contributed by atoms with Crippen LogP contribution < -0.4 is 10.2 Å². The second kappa shape index (κ2) is 6.91. The van der Waals surface area contributed by atoms with Gasteiger partial charge in [0.05, 0.1) is 0 Å². The summed E-state index contributed by atoms with van der Waals surface area (Å²) in [6, 6.07) is 8.95. The Morgan fingerprint density at radius 1 is 1.12 bits per heavy atom. The number of benzene rings is 1. The summed E-state index contributed by atoms with van der Waals surface area (Å²) < 4.78 is 5.45. The number of anilines is 2. The molecule has 0 aliphatic carbocycles. The second-order valence-electron chi connectivity index (χ2n) is 7.80. The molecule has 1 unspecified atom stereocenters. The first kappa shape index (κ1) is 16.9. The summed E-state index contributed by atoms with van der Waals surface area (Å²) in [6.07, 6.45) is 3.33. The zero-order valence-corrected chi connectivity index (χ0v) is 15.0. The maximum atomic E-state index is 12.1. The fraction of sp³-hybridized carbons (Fsp3) is 0.632. The smallest absolute Gasteiger partial charge is 0.410 e. The van der Waals surface area contributed by atoms with Gasteiger partial charge in [-0.25, -0.2) is 4.79 Å². The third-order valence-corrected chi connectivity index (χ3v) is 4.55. The number of nitrogens with zero attached hydrogens (tertiary/aromatic N) is 2. The second-order valence-corrected chi connectivity index (χ2v) is 7.80. The summed E-state index contributed by atoms with van der Waals surface area (Å²) in [7, 11) is 0. The Balaban J connectivity index is 1.51. The molecule has 3 rings (SSSR count). The molecular formula is C19H29N3O2. The van der Waals surface area contributed by atoms with Crippen LogP contribution >= 0.6 is 0 Å². The SMILES string of the molecule is CC(C)(C)OC(=O)N1CCC(Nc2ccc(N3CCCC3)cc2)C1. The summed E-state index contributed by atoms with van der Waals surface area (Å²) >= 11 is 0. The van der Waals surface area contributed by atoms with Crippen LogP contribution in [0.4, 0.5) is 16.2 Å². The Kier molecular flexibility index (Phi) is 4.88. The highest BCUT2D eigenvalue weighted by atomic mass is 16.6. The molecular weight excluding hydrogens is 302 g/mol. The fourth-order valence-corrected chi connectivity index (χ4v) is 3.35. The minimum atomic E-state index is -0.437. The van der Waals surface area contributed by atoms with Crippen LogP contribution in [0, 0.1) is 0 Å². The molecule has 2 saturated heterocycles. The molecule has 132 valence electrons. The standard InChI is InChI=1S/C19H29N3O2/c1-19(2,3)24-18(23)22-13-10-16(14-22)20-15-6-8-17(9-7-15)21-11-4-5-12-21/h6-9,16,20H,4-5,10-14H2,1-3H3. The predicted octanol–water partition coefficient (Wildman–Crippen LogP) is 3.71. The van der Waals surface area contributed by atoms with Crippen molar-refractivity contribution in [3.05, 3.63) is 24.3 Å². The van der Waals surface area contributed by atoms with E-state index in [-0.39, 0.29) is 12.1 Å². The average molecular weight is 331 g/mol. The van der Waals surface area contributed by atoms with Gasteiger partial charge in [-0.2, -0.15) is 0 Å². The monoisotopic (exact) mass is 331 g/mol. The lowest BCUT2D eigenvalue weighted by Gasteiger charge is -2.24. The van der Waals surface area contributed by atoms with Crippen LogP contribution in [0.5, 0.6) is 0 Å². The van der Waals surface area contributed by atoms with E-state index in [1.807, 2.05) is 20.8 Å². The van der Waals surface area contributed by atoms with Gasteiger partial charge in [0.1, 0.15) is 5.60 Å². The van der Waals surface area contributed by atoms with E-state index in [0.717, 1.165) is 18.7 Å². The molecule has 5 nitrogen and oxygen atoms in total. The van der Waals surface area contributed by atoms with Gasteiger partial charge in [-0.1, -0.05) is 0 Å². The van der Waals surface area contributed by atoms with Crippen molar-refractivity contribution in [2.24, 2.45) is 0 Å². The van der Waals surface area contributed by atoms with Crippen LogP contribution in [0.25, 0.3) is 0 Å². The van der Waals surface area contributed by atoms with Gasteiger partial charge in [0, 0.05) is 43.6 Å². The van der Waals surface area contributed by atoms with Crippen molar-refractivity contribution >= 4 is 17.5 Å². The van der Waals surface area contributed by atoms with Gasteiger partial charge in [-0.15, -0.1) is 0 Å². The first-order chi connectivity index (χ1) is 11.4. The van der Waals surface area contributed by atoms with E-state index in [9.17, 15) is 4.79 Å². The molecule has 2 aliphatic heterocycles. The van der Waals surface area contributed by atoms with E-state index in [4.69, 9.17) is 4.74 Å². The molecule has 0 aromatic heterocycles. The minimum Gasteiger partial charge on any atom is -0.444 e. The Labute approximate surface area is 145 Å². The topological polar surface area (TPSA) is 44.8 Å². The summed E-state index contributed by atoms with van der Waals surface area (Å²) in [4.78, 5) is 16.3. The van der Waals surface area contributed by atoms with Gasteiger partial charge in [0.2, 0.25) is 0 Å². The largest absolute Gasteiger partial charge is 0.444 e. The van der Waals surface area contributed by atoms with Crippen LogP contribution in [0.15, 0.2) is 24.3 Å². The van der Waals surface area contributed by atoms with Gasteiger partial charge in [0.25, 0.3) is 0 Å². The number of rotatable bonds is 3. The van der Waals surface area contributed by atoms with Crippen molar-refractivity contribution < 1.29 is 9.53 Å². The molecule has 24 heavy (non-hydrogen) atoms. The van der Waals surface area contributed by atoms with Crippen LogP contribution in [0.2, 0.25) is 0 Å². The van der Waals surface area contributed by atoms with E-state index < -0.39 is 5.60 Å². The lowest BCUT2D eigenvalue weighted by Crippen LogP contribution is -2.36. The van der Waals surface area contributed by atoms with E-state index in [1.54, 1.807) is 4.90 Å². The number of carbonyl (C=O) groups is 1. The maximum Gasteiger partial charge on any atom is 0.410 e. The summed E-state index contributed by atoms with van der Waals surface area (Å²) in [5.74, 6) is 0. The highest BCUT2D eigenvalue weighted by Crippen LogP contribution is 2.24. The average Bonchev–Trinajstić information content (AvgIpc) is 3.17. The highest BCUT2D eigenvalue weighted by molar-refractivity contribution is 5.68. The molecule has 1 amide bonds. The number of nitrogens with one attached hydrogen (secondary N) is 1. The molecule has 1 atom stereocenters. The number of hydrogen-bond donors (Lipinski definition) is 1. The third kappa shape index (κ3) is 4.34. The van der Waals surface area contributed by atoms with Gasteiger partial charge in [-0.3, -0.25) is 0 Å². The van der Waals surface area contributed by atoms with E-state index in [0.29, 0.717) is 6.54 Å². The number of ether oxygens (including phenoxy) is 1. The van der Waals surface area contributed by atoms with Crippen LogP contribution in [0.3, 0.4) is 0 Å². The van der Waals surface area contributed by atoms with E-state index in [2.05, 4.69) is 34.5 Å². The van der Waals surface area contributed by atoms with Gasteiger partial charge >= 0.3 is 6.09 Å². The number of likely N-dealkylation sites (tertiary alicyclic amines) is 1. The first-order valence-electron chi connectivity index (χ1n) is 9.00. The molecule has 1 N–H and O–H groups in total. The summed E-state index contributed by atoms with van der Waals surface area (Å²) in [5, 5.41) is 3.54. The van der Waals surface area contributed by atoms with Gasteiger partial charge < -0.3 is 19.9 Å². The summed E-state index contributed by atoms with van der Waals surface area (Å²) in [6.45, 7) is 9.48. The first-order valence-corrected chi connectivity index (χ1v) is 9.00. The molecule has 0 radical (unpaired) electrons. The molecule has 2 aliphatic rings. The predicted molar refractivity (Wildman–Crippen MR) is 97.7 cm³/mol. The molecule has 0 saturated carbocycles. The number of carbonyl (C=O) groups excluding carboxylic acids is 1. The maximum absolute atomic E-state index is 12.1.